The van der Waals surface area contributed by atoms with Gasteiger partial charge >= 0.3 is 0 Å². The van der Waals surface area contributed by atoms with Gasteiger partial charge in [0.25, 0.3) is 0 Å². The van der Waals surface area contributed by atoms with Gasteiger partial charge in [0.1, 0.15) is 12.4 Å². The molecule has 1 unspecified atom stereocenters. The number of hydrogen-bond donors (Lipinski definition) is 1. The van der Waals surface area contributed by atoms with Crippen LogP contribution in [-0.2, 0) is 4.79 Å². The molecule has 0 bridgehead atoms. The zero-order valence-electron chi connectivity index (χ0n) is 6.38. The minimum atomic E-state index is -0.882. The molecule has 0 aliphatic heterocycles. The number of rotatable bonds is 4. The van der Waals surface area contributed by atoms with Crippen molar-refractivity contribution in [2.75, 3.05) is 0 Å². The van der Waals surface area contributed by atoms with Crippen molar-refractivity contribution in [3.05, 3.63) is 36.9 Å². The number of para-hydroxylation sites is 1. The molecule has 3 nitrogen and oxygen atoms in total. The summed E-state index contributed by atoms with van der Waals surface area (Å²) in [5.41, 5.74) is 0. The van der Waals surface area contributed by atoms with Crippen molar-refractivity contribution in [3.63, 3.8) is 0 Å². The van der Waals surface area contributed by atoms with E-state index in [1.165, 1.54) is 0 Å². The van der Waals surface area contributed by atoms with Crippen LogP contribution >= 0.6 is 0 Å². The lowest BCUT2D eigenvalue weighted by Gasteiger charge is -2.09. The van der Waals surface area contributed by atoms with Crippen molar-refractivity contribution in [1.82, 2.24) is 0 Å². The van der Waals surface area contributed by atoms with Crippen molar-refractivity contribution in [2.24, 2.45) is 0 Å². The fourth-order valence-corrected chi connectivity index (χ4v) is 0.750. The van der Waals surface area contributed by atoms with E-state index in [0.29, 0.717) is 18.6 Å². The molecular weight excluding hydrogens is 156 g/mol. The standard InChI is InChI=1S/C9H9O3/c10-6-9(7-11)12-8-4-2-1-3-5-8/h1-7,9-10H. The molecule has 0 spiro atoms. The monoisotopic (exact) mass is 165 g/mol. The normalized spacial score (nSPS) is 12.1. The lowest BCUT2D eigenvalue weighted by Crippen LogP contribution is -2.18. The van der Waals surface area contributed by atoms with Crippen LogP contribution in [0.5, 0.6) is 5.75 Å². The van der Waals surface area contributed by atoms with Crippen LogP contribution in [0.4, 0.5) is 0 Å². The SMILES string of the molecule is O=CC([CH]O)Oc1ccccc1. The maximum absolute atomic E-state index is 10.2. The van der Waals surface area contributed by atoms with Crippen LogP contribution in [0.15, 0.2) is 30.3 Å². The first-order valence-corrected chi connectivity index (χ1v) is 3.51. The van der Waals surface area contributed by atoms with Gasteiger partial charge < -0.3 is 9.84 Å². The maximum atomic E-state index is 10.2. The number of ether oxygens (including phenoxy) is 1. The fourth-order valence-electron chi connectivity index (χ4n) is 0.750. The number of carbonyl (C=O) groups is 1. The molecule has 63 valence electrons. The molecule has 0 heterocycles. The van der Waals surface area contributed by atoms with Crippen LogP contribution in [0.25, 0.3) is 0 Å². The molecule has 1 atom stereocenters. The molecule has 3 heteroatoms. The van der Waals surface area contributed by atoms with Crippen LogP contribution in [0.1, 0.15) is 0 Å². The van der Waals surface area contributed by atoms with E-state index < -0.39 is 6.10 Å². The molecule has 0 aromatic heterocycles. The molecule has 0 aliphatic carbocycles. The Labute approximate surface area is 70.6 Å². The number of benzene rings is 1. The van der Waals surface area contributed by atoms with E-state index in [2.05, 4.69) is 0 Å². The maximum Gasteiger partial charge on any atom is 0.182 e. The largest absolute Gasteiger partial charge is 0.480 e. The third-order valence-corrected chi connectivity index (χ3v) is 1.30. The minimum absolute atomic E-state index is 0.521. The molecule has 1 aromatic carbocycles. The van der Waals surface area contributed by atoms with E-state index >= 15 is 0 Å². The summed E-state index contributed by atoms with van der Waals surface area (Å²) < 4.78 is 5.04. The molecule has 0 amide bonds. The predicted octanol–water partition coefficient (Wildman–Crippen LogP) is 1.17. The zero-order chi connectivity index (χ0) is 8.81. The van der Waals surface area contributed by atoms with Gasteiger partial charge in [-0.15, -0.1) is 0 Å². The number of carbonyl (C=O) groups excluding carboxylic acids is 1. The van der Waals surface area contributed by atoms with Crippen LogP contribution in [0.3, 0.4) is 0 Å². The van der Waals surface area contributed by atoms with Crippen LogP contribution in [-0.4, -0.2) is 17.5 Å². The summed E-state index contributed by atoms with van der Waals surface area (Å²) >= 11 is 0. The summed E-state index contributed by atoms with van der Waals surface area (Å²) in [5.74, 6) is 0.555. The highest BCUT2D eigenvalue weighted by molar-refractivity contribution is 5.58. The van der Waals surface area contributed by atoms with E-state index in [0.717, 1.165) is 0 Å². The van der Waals surface area contributed by atoms with Gasteiger partial charge in [-0.1, -0.05) is 18.2 Å². The van der Waals surface area contributed by atoms with Gasteiger partial charge in [-0.05, 0) is 12.1 Å². The van der Waals surface area contributed by atoms with Crippen molar-refractivity contribution in [2.45, 2.75) is 6.10 Å². The Kier molecular flexibility index (Phi) is 3.29. The highest BCUT2D eigenvalue weighted by Gasteiger charge is 2.06. The Balaban J connectivity index is 2.56. The molecule has 0 fully saturated rings. The van der Waals surface area contributed by atoms with Crippen molar-refractivity contribution < 1.29 is 14.6 Å². The summed E-state index contributed by atoms with van der Waals surface area (Å²) in [5, 5.41) is 8.51. The average molecular weight is 165 g/mol. The molecule has 1 rings (SSSR count). The van der Waals surface area contributed by atoms with Crippen LogP contribution in [0, 0.1) is 6.61 Å². The fraction of sp³-hybridized carbons (Fsp3) is 0.111. The summed E-state index contributed by atoms with van der Waals surface area (Å²) in [6.45, 7) is 0.708. The molecule has 0 saturated heterocycles. The van der Waals surface area contributed by atoms with E-state index in [4.69, 9.17) is 9.84 Å². The van der Waals surface area contributed by atoms with Crippen LogP contribution in [0.2, 0.25) is 0 Å². The van der Waals surface area contributed by atoms with Gasteiger partial charge in [-0.25, -0.2) is 0 Å². The van der Waals surface area contributed by atoms with Gasteiger partial charge in [0.2, 0.25) is 0 Å². The second-order valence-corrected chi connectivity index (χ2v) is 2.18. The Morgan fingerprint density at radius 1 is 1.33 bits per heavy atom. The second-order valence-electron chi connectivity index (χ2n) is 2.18. The van der Waals surface area contributed by atoms with Crippen molar-refractivity contribution in [3.8, 4) is 5.75 Å². The number of aldehydes is 1. The first-order valence-electron chi connectivity index (χ1n) is 3.51. The molecular formula is C9H9O3. The molecule has 1 N–H and O–H groups in total. The predicted molar refractivity (Wildman–Crippen MR) is 43.2 cm³/mol. The Morgan fingerprint density at radius 3 is 2.50 bits per heavy atom. The van der Waals surface area contributed by atoms with Gasteiger partial charge in [0.05, 0.1) is 0 Å². The smallest absolute Gasteiger partial charge is 0.182 e. The third kappa shape index (κ3) is 2.36. The van der Waals surface area contributed by atoms with E-state index in [-0.39, 0.29) is 0 Å². The Morgan fingerprint density at radius 2 is 2.00 bits per heavy atom. The Bertz CT molecular complexity index is 233. The highest BCUT2D eigenvalue weighted by Crippen LogP contribution is 2.10. The van der Waals surface area contributed by atoms with E-state index in [1.54, 1.807) is 24.3 Å². The van der Waals surface area contributed by atoms with Crippen LogP contribution < -0.4 is 4.74 Å². The van der Waals surface area contributed by atoms with Crippen molar-refractivity contribution in [1.29, 1.82) is 0 Å². The number of hydrogen-bond acceptors (Lipinski definition) is 3. The molecule has 1 aromatic rings. The third-order valence-electron chi connectivity index (χ3n) is 1.30. The van der Waals surface area contributed by atoms with Gasteiger partial charge in [-0.2, -0.15) is 0 Å². The first-order chi connectivity index (χ1) is 5.86. The Hall–Kier alpha value is -1.35. The quantitative estimate of drug-likeness (QED) is 0.681. The molecule has 12 heavy (non-hydrogen) atoms. The second kappa shape index (κ2) is 4.51. The first kappa shape index (κ1) is 8.74. The van der Waals surface area contributed by atoms with Gasteiger partial charge in [-0.3, -0.25) is 4.79 Å². The minimum Gasteiger partial charge on any atom is -0.480 e. The lowest BCUT2D eigenvalue weighted by atomic mass is 10.3. The molecule has 1 radical (unpaired) electrons. The summed E-state index contributed by atoms with van der Waals surface area (Å²) in [6, 6.07) is 8.83. The highest BCUT2D eigenvalue weighted by atomic mass is 16.5. The average Bonchev–Trinajstić information content (AvgIpc) is 2.16. The lowest BCUT2D eigenvalue weighted by molar-refractivity contribution is -0.113. The molecule has 0 saturated carbocycles. The summed E-state index contributed by atoms with van der Waals surface area (Å²) in [4.78, 5) is 10.2. The summed E-state index contributed by atoms with van der Waals surface area (Å²) in [7, 11) is 0. The van der Waals surface area contributed by atoms with E-state index in [9.17, 15) is 4.79 Å². The zero-order valence-corrected chi connectivity index (χ0v) is 6.38. The van der Waals surface area contributed by atoms with Gasteiger partial charge in [0.15, 0.2) is 12.4 Å². The topological polar surface area (TPSA) is 46.5 Å². The number of aliphatic hydroxyl groups is 1. The number of aliphatic hydroxyl groups excluding tert-OH is 1. The molecule has 0 aliphatic rings. The summed E-state index contributed by atoms with van der Waals surface area (Å²) in [6.07, 6.45) is -0.361. The van der Waals surface area contributed by atoms with Crippen molar-refractivity contribution >= 4 is 6.29 Å². The van der Waals surface area contributed by atoms with E-state index in [1.807, 2.05) is 6.07 Å². The van der Waals surface area contributed by atoms with Gasteiger partial charge in [0, 0.05) is 0 Å².